The molecule has 1 heterocycles. The van der Waals surface area contributed by atoms with Crippen LogP contribution in [0.3, 0.4) is 0 Å². The Kier molecular flexibility index (Phi) is 3.16. The quantitative estimate of drug-likeness (QED) is 0.619. The van der Waals surface area contributed by atoms with E-state index in [4.69, 9.17) is 5.11 Å². The maximum Gasteiger partial charge on any atom is 0.312 e. The largest absolute Gasteiger partial charge is 0.481 e. The molecule has 0 aliphatic rings. The van der Waals surface area contributed by atoms with E-state index in [1.807, 2.05) is 0 Å². The summed E-state index contributed by atoms with van der Waals surface area (Å²) in [5, 5.41) is 14.6. The standard InChI is InChI=1S/C7H10N4O3/c1-11(6(12)2-7(13)14)3-5-8-4-9-10-5/h4H,2-3H2,1H3,(H,13,14)(H,8,9,10). The van der Waals surface area contributed by atoms with Crippen LogP contribution in [0.15, 0.2) is 6.33 Å². The number of aliphatic carboxylic acids is 1. The molecule has 0 aliphatic heterocycles. The van der Waals surface area contributed by atoms with E-state index >= 15 is 0 Å². The second-order valence-electron chi connectivity index (χ2n) is 2.75. The van der Waals surface area contributed by atoms with Gasteiger partial charge in [-0.2, -0.15) is 5.10 Å². The van der Waals surface area contributed by atoms with Crippen molar-refractivity contribution in [2.75, 3.05) is 7.05 Å². The molecule has 76 valence electrons. The summed E-state index contributed by atoms with van der Waals surface area (Å²) in [4.78, 5) is 26.5. The lowest BCUT2D eigenvalue weighted by atomic mass is 10.3. The van der Waals surface area contributed by atoms with Crippen LogP contribution in [0, 0.1) is 0 Å². The van der Waals surface area contributed by atoms with Crippen LogP contribution in [-0.2, 0) is 16.1 Å². The molecule has 14 heavy (non-hydrogen) atoms. The summed E-state index contributed by atoms with van der Waals surface area (Å²) >= 11 is 0. The van der Waals surface area contributed by atoms with Gasteiger partial charge in [-0.3, -0.25) is 14.7 Å². The zero-order chi connectivity index (χ0) is 10.6. The van der Waals surface area contributed by atoms with Crippen LogP contribution < -0.4 is 0 Å². The van der Waals surface area contributed by atoms with Crippen LogP contribution >= 0.6 is 0 Å². The number of hydrogen-bond donors (Lipinski definition) is 2. The van der Waals surface area contributed by atoms with Gasteiger partial charge in [0.15, 0.2) is 0 Å². The minimum Gasteiger partial charge on any atom is -0.481 e. The van der Waals surface area contributed by atoms with E-state index in [1.54, 1.807) is 0 Å². The molecular weight excluding hydrogens is 188 g/mol. The first-order valence-electron chi connectivity index (χ1n) is 3.89. The van der Waals surface area contributed by atoms with Gasteiger partial charge in [-0.1, -0.05) is 0 Å². The van der Waals surface area contributed by atoms with Gasteiger partial charge in [-0.15, -0.1) is 0 Å². The van der Waals surface area contributed by atoms with Crippen molar-refractivity contribution in [2.24, 2.45) is 0 Å². The minimum atomic E-state index is -1.14. The molecule has 0 saturated heterocycles. The maximum absolute atomic E-state index is 11.2. The summed E-state index contributed by atoms with van der Waals surface area (Å²) in [5.74, 6) is -1.08. The topological polar surface area (TPSA) is 99.2 Å². The first-order valence-corrected chi connectivity index (χ1v) is 3.89. The van der Waals surface area contributed by atoms with Gasteiger partial charge >= 0.3 is 5.97 Å². The highest BCUT2D eigenvalue weighted by atomic mass is 16.4. The smallest absolute Gasteiger partial charge is 0.312 e. The van der Waals surface area contributed by atoms with Crippen LogP contribution in [0.25, 0.3) is 0 Å². The maximum atomic E-state index is 11.2. The number of aromatic nitrogens is 3. The average molecular weight is 198 g/mol. The molecule has 1 amide bonds. The number of amides is 1. The number of nitrogens with zero attached hydrogens (tertiary/aromatic N) is 3. The number of nitrogens with one attached hydrogen (secondary N) is 1. The summed E-state index contributed by atoms with van der Waals surface area (Å²) in [6.45, 7) is 0.228. The molecule has 1 rings (SSSR count). The van der Waals surface area contributed by atoms with Gasteiger partial charge in [0, 0.05) is 7.05 Å². The number of H-pyrrole nitrogens is 1. The third kappa shape index (κ3) is 2.85. The Balaban J connectivity index is 2.46. The van der Waals surface area contributed by atoms with E-state index in [2.05, 4.69) is 15.2 Å². The molecule has 0 bridgehead atoms. The SMILES string of the molecule is CN(Cc1ncn[nH]1)C(=O)CC(=O)O. The molecule has 1 aromatic heterocycles. The Bertz CT molecular complexity index is 322. The summed E-state index contributed by atoms with van der Waals surface area (Å²) in [6, 6.07) is 0. The predicted octanol–water partition coefficient (Wildman–Crippen LogP) is -0.762. The van der Waals surface area contributed by atoms with E-state index in [1.165, 1.54) is 18.3 Å². The Morgan fingerprint density at radius 2 is 2.36 bits per heavy atom. The van der Waals surface area contributed by atoms with E-state index in [9.17, 15) is 9.59 Å². The van der Waals surface area contributed by atoms with Gasteiger partial charge in [0.2, 0.25) is 5.91 Å². The van der Waals surface area contributed by atoms with E-state index in [-0.39, 0.29) is 6.54 Å². The minimum absolute atomic E-state index is 0.228. The molecule has 0 saturated carbocycles. The fourth-order valence-electron chi connectivity index (χ4n) is 0.884. The molecule has 2 N–H and O–H groups in total. The third-order valence-corrected chi connectivity index (χ3v) is 1.58. The number of rotatable bonds is 4. The Hall–Kier alpha value is -1.92. The molecule has 1 aromatic rings. The van der Waals surface area contributed by atoms with Gasteiger partial charge in [-0.25, -0.2) is 4.98 Å². The normalized spacial score (nSPS) is 9.79. The molecule has 7 nitrogen and oxygen atoms in total. The fraction of sp³-hybridized carbons (Fsp3) is 0.429. The first kappa shape index (κ1) is 10.2. The molecule has 0 fully saturated rings. The average Bonchev–Trinajstić information content (AvgIpc) is 2.55. The summed E-state index contributed by atoms with van der Waals surface area (Å²) in [7, 11) is 1.51. The Morgan fingerprint density at radius 1 is 1.64 bits per heavy atom. The second kappa shape index (κ2) is 4.35. The van der Waals surface area contributed by atoms with Gasteiger partial charge in [-0.05, 0) is 0 Å². The summed E-state index contributed by atoms with van der Waals surface area (Å²) in [6.07, 6.45) is 0.815. The van der Waals surface area contributed by atoms with Crippen molar-refractivity contribution in [1.82, 2.24) is 20.1 Å². The molecule has 0 unspecified atom stereocenters. The third-order valence-electron chi connectivity index (χ3n) is 1.58. The fourth-order valence-corrected chi connectivity index (χ4v) is 0.884. The van der Waals surface area contributed by atoms with E-state index in [0.717, 1.165) is 0 Å². The van der Waals surface area contributed by atoms with E-state index < -0.39 is 18.3 Å². The van der Waals surface area contributed by atoms with Crippen molar-refractivity contribution in [3.63, 3.8) is 0 Å². The summed E-state index contributed by atoms with van der Waals surface area (Å²) < 4.78 is 0. The van der Waals surface area contributed by atoms with Crippen LogP contribution in [0.2, 0.25) is 0 Å². The van der Waals surface area contributed by atoms with Crippen molar-refractivity contribution in [2.45, 2.75) is 13.0 Å². The molecule has 7 heteroatoms. The van der Waals surface area contributed by atoms with Crippen molar-refractivity contribution in [1.29, 1.82) is 0 Å². The van der Waals surface area contributed by atoms with Gasteiger partial charge in [0.25, 0.3) is 0 Å². The van der Waals surface area contributed by atoms with Crippen molar-refractivity contribution in [3.05, 3.63) is 12.2 Å². The number of carboxylic acids is 1. The number of carbonyl (C=O) groups is 2. The zero-order valence-electron chi connectivity index (χ0n) is 7.60. The molecule has 0 radical (unpaired) electrons. The van der Waals surface area contributed by atoms with Gasteiger partial charge in [0.05, 0.1) is 6.54 Å². The van der Waals surface area contributed by atoms with Gasteiger partial charge in [0.1, 0.15) is 18.6 Å². The number of aromatic amines is 1. The van der Waals surface area contributed by atoms with Crippen molar-refractivity contribution >= 4 is 11.9 Å². The van der Waals surface area contributed by atoms with Gasteiger partial charge < -0.3 is 10.0 Å². The first-order chi connectivity index (χ1) is 6.59. The lowest BCUT2D eigenvalue weighted by Gasteiger charge is -2.13. The van der Waals surface area contributed by atoms with Crippen LogP contribution in [0.1, 0.15) is 12.2 Å². The number of carboxylic acid groups (broad SMARTS) is 1. The molecule has 0 aliphatic carbocycles. The molecule has 0 atom stereocenters. The second-order valence-corrected chi connectivity index (χ2v) is 2.75. The number of carbonyl (C=O) groups excluding carboxylic acids is 1. The Morgan fingerprint density at radius 3 is 2.86 bits per heavy atom. The lowest BCUT2D eigenvalue weighted by Crippen LogP contribution is -2.28. The van der Waals surface area contributed by atoms with Crippen molar-refractivity contribution < 1.29 is 14.7 Å². The van der Waals surface area contributed by atoms with Crippen LogP contribution in [-0.4, -0.2) is 44.1 Å². The monoisotopic (exact) mass is 198 g/mol. The Labute approximate surface area is 79.8 Å². The van der Waals surface area contributed by atoms with Crippen LogP contribution in [0.5, 0.6) is 0 Å². The zero-order valence-corrected chi connectivity index (χ0v) is 7.60. The molecule has 0 aromatic carbocycles. The molecular formula is C7H10N4O3. The highest BCUT2D eigenvalue weighted by Crippen LogP contribution is 1.97. The molecule has 0 spiro atoms. The summed E-state index contributed by atoms with van der Waals surface area (Å²) in [5.41, 5.74) is 0. The van der Waals surface area contributed by atoms with Crippen LogP contribution in [0.4, 0.5) is 0 Å². The van der Waals surface area contributed by atoms with Crippen molar-refractivity contribution in [3.8, 4) is 0 Å². The predicted molar refractivity (Wildman–Crippen MR) is 45.1 cm³/mol. The highest BCUT2D eigenvalue weighted by Gasteiger charge is 2.13. The highest BCUT2D eigenvalue weighted by molar-refractivity contribution is 5.93. The lowest BCUT2D eigenvalue weighted by molar-refractivity contribution is -0.143. The number of hydrogen-bond acceptors (Lipinski definition) is 4. The van der Waals surface area contributed by atoms with E-state index in [0.29, 0.717) is 5.82 Å².